The number of rotatable bonds is 47. The van der Waals surface area contributed by atoms with E-state index in [-0.39, 0.29) is 18.9 Å². The standard InChI is InChI=1S/C58H109NO13/c1-3-5-7-9-11-13-15-17-18-19-20-21-22-23-24-25-26-27-28-30-31-33-35-37-39-41-47(62)46(59-50(63)42-40-38-36-34-32-29-16-14-12-10-8-6-4-2)45-69-57-55(68)53(66)56(49(44-61)71-57)72-58-54(67)52(65)51(64)48(43-60)70-58/h8,10,14,16,46-49,51-58,60-62,64-68H,3-7,9,11-13,15,17-45H2,1-2H3,(H,59,63)/b10-8-,16-14-. The lowest BCUT2D eigenvalue weighted by Crippen LogP contribution is -2.65. The van der Waals surface area contributed by atoms with Crippen molar-refractivity contribution in [1.82, 2.24) is 5.32 Å². The highest BCUT2D eigenvalue weighted by atomic mass is 16.7. The van der Waals surface area contributed by atoms with Gasteiger partial charge in [0.25, 0.3) is 0 Å². The Hall–Kier alpha value is -1.53. The van der Waals surface area contributed by atoms with Crippen LogP contribution in [0.15, 0.2) is 24.3 Å². The van der Waals surface area contributed by atoms with Gasteiger partial charge in [-0.2, -0.15) is 0 Å². The van der Waals surface area contributed by atoms with E-state index in [4.69, 9.17) is 18.9 Å². The molecular formula is C58H109NO13. The summed E-state index contributed by atoms with van der Waals surface area (Å²) in [5, 5.41) is 87.2. The summed E-state index contributed by atoms with van der Waals surface area (Å²) in [6, 6.07) is -0.834. The fourth-order valence-electron chi connectivity index (χ4n) is 9.86. The zero-order chi connectivity index (χ0) is 52.4. The van der Waals surface area contributed by atoms with Gasteiger partial charge in [-0.05, 0) is 38.5 Å². The molecule has 12 unspecified atom stereocenters. The first-order valence-electron chi connectivity index (χ1n) is 29.6. The van der Waals surface area contributed by atoms with Crippen LogP contribution in [0, 0.1) is 0 Å². The van der Waals surface area contributed by atoms with Gasteiger partial charge in [-0.1, -0.05) is 224 Å². The highest BCUT2D eigenvalue weighted by molar-refractivity contribution is 5.76. The summed E-state index contributed by atoms with van der Waals surface area (Å²) in [4.78, 5) is 13.2. The Morgan fingerprint density at radius 2 is 0.944 bits per heavy atom. The SMILES string of the molecule is CCC/C=C\C/C=C\CCCCCCCC(=O)NC(COC1OC(CO)C(OC2OC(CO)C(O)C(O)C2O)C(O)C1O)C(O)CCCCCCCCCCCCCCCCCCCCCCCCCCC. The van der Waals surface area contributed by atoms with E-state index >= 15 is 0 Å². The van der Waals surface area contributed by atoms with Crippen LogP contribution in [0.4, 0.5) is 0 Å². The molecule has 14 heteroatoms. The fourth-order valence-corrected chi connectivity index (χ4v) is 9.86. The van der Waals surface area contributed by atoms with Crippen molar-refractivity contribution in [3.05, 3.63) is 24.3 Å². The number of aliphatic hydroxyl groups excluding tert-OH is 8. The Labute approximate surface area is 437 Å². The molecule has 2 rings (SSSR count). The third kappa shape index (κ3) is 30.3. The molecule has 2 saturated heterocycles. The number of hydrogen-bond acceptors (Lipinski definition) is 13. The van der Waals surface area contributed by atoms with Crippen LogP contribution in [0.25, 0.3) is 0 Å². The highest BCUT2D eigenvalue weighted by Crippen LogP contribution is 2.30. The van der Waals surface area contributed by atoms with E-state index in [2.05, 4.69) is 43.5 Å². The second kappa shape index (κ2) is 44.6. The van der Waals surface area contributed by atoms with Crippen molar-refractivity contribution < 1.29 is 64.6 Å². The van der Waals surface area contributed by atoms with Crippen molar-refractivity contribution in [2.24, 2.45) is 0 Å². The summed E-state index contributed by atoms with van der Waals surface area (Å²) in [6.07, 6.45) is 34.7. The van der Waals surface area contributed by atoms with Gasteiger partial charge in [0.1, 0.15) is 48.8 Å². The summed E-state index contributed by atoms with van der Waals surface area (Å²) < 4.78 is 22.8. The van der Waals surface area contributed by atoms with Crippen LogP contribution in [-0.2, 0) is 23.7 Å². The lowest BCUT2D eigenvalue weighted by Gasteiger charge is -2.46. The summed E-state index contributed by atoms with van der Waals surface area (Å²) in [6.45, 7) is 2.80. The van der Waals surface area contributed by atoms with Crippen molar-refractivity contribution in [3.63, 3.8) is 0 Å². The molecule has 9 N–H and O–H groups in total. The second-order valence-corrected chi connectivity index (χ2v) is 21.1. The number of amides is 1. The van der Waals surface area contributed by atoms with Crippen molar-refractivity contribution >= 4 is 5.91 Å². The smallest absolute Gasteiger partial charge is 0.220 e. The van der Waals surface area contributed by atoms with E-state index in [9.17, 15) is 45.6 Å². The van der Waals surface area contributed by atoms with Crippen molar-refractivity contribution in [3.8, 4) is 0 Å². The summed E-state index contributed by atoms with van der Waals surface area (Å²) in [7, 11) is 0. The van der Waals surface area contributed by atoms with Crippen LogP contribution in [0.5, 0.6) is 0 Å². The minimum Gasteiger partial charge on any atom is -0.394 e. The van der Waals surface area contributed by atoms with Gasteiger partial charge in [0.15, 0.2) is 12.6 Å². The maximum Gasteiger partial charge on any atom is 0.220 e. The number of unbranched alkanes of at least 4 members (excludes halogenated alkanes) is 30. The first-order chi connectivity index (χ1) is 35.1. The monoisotopic (exact) mass is 1030 g/mol. The topological polar surface area (TPSA) is 228 Å². The van der Waals surface area contributed by atoms with Crippen LogP contribution in [0.1, 0.15) is 245 Å². The third-order valence-corrected chi connectivity index (χ3v) is 14.7. The normalized spacial score (nSPS) is 25.7. The average molecular weight is 1030 g/mol. The summed E-state index contributed by atoms with van der Waals surface area (Å²) in [5.41, 5.74) is 0. The van der Waals surface area contributed by atoms with Crippen molar-refractivity contribution in [1.29, 1.82) is 0 Å². The van der Waals surface area contributed by atoms with Gasteiger partial charge in [0.2, 0.25) is 5.91 Å². The van der Waals surface area contributed by atoms with Gasteiger partial charge in [0.05, 0.1) is 32.0 Å². The molecule has 2 fully saturated rings. The largest absolute Gasteiger partial charge is 0.394 e. The predicted molar refractivity (Wildman–Crippen MR) is 286 cm³/mol. The van der Waals surface area contributed by atoms with E-state index < -0.39 is 86.8 Å². The summed E-state index contributed by atoms with van der Waals surface area (Å²) >= 11 is 0. The van der Waals surface area contributed by atoms with E-state index in [0.717, 1.165) is 77.0 Å². The number of aliphatic hydroxyl groups is 8. The van der Waals surface area contributed by atoms with E-state index in [0.29, 0.717) is 12.8 Å². The molecular weight excluding hydrogens is 919 g/mol. The molecule has 1 amide bonds. The minimum atomic E-state index is -1.78. The van der Waals surface area contributed by atoms with Gasteiger partial charge in [-0.25, -0.2) is 0 Å². The lowest BCUT2D eigenvalue weighted by atomic mass is 9.97. The van der Waals surface area contributed by atoms with Gasteiger partial charge >= 0.3 is 0 Å². The van der Waals surface area contributed by atoms with Crippen LogP contribution >= 0.6 is 0 Å². The molecule has 2 aliphatic rings. The van der Waals surface area contributed by atoms with Gasteiger partial charge < -0.3 is 65.1 Å². The number of ether oxygens (including phenoxy) is 4. The minimum absolute atomic E-state index is 0.220. The average Bonchev–Trinajstić information content (AvgIpc) is 3.38. The Kier molecular flexibility index (Phi) is 41.2. The first kappa shape index (κ1) is 66.6. The number of hydrogen-bond donors (Lipinski definition) is 9. The number of nitrogens with one attached hydrogen (secondary N) is 1. The van der Waals surface area contributed by atoms with Crippen LogP contribution in [0.2, 0.25) is 0 Å². The number of carbonyl (C=O) groups is 1. The Balaban J connectivity index is 1.72. The van der Waals surface area contributed by atoms with Crippen LogP contribution in [-0.4, -0.2) is 140 Å². The van der Waals surface area contributed by atoms with E-state index in [1.54, 1.807) is 0 Å². The fraction of sp³-hybridized carbons (Fsp3) is 0.914. The number of allylic oxidation sites excluding steroid dienone is 4. The maximum absolute atomic E-state index is 13.2. The first-order valence-corrected chi connectivity index (χ1v) is 29.6. The maximum atomic E-state index is 13.2. The highest BCUT2D eigenvalue weighted by Gasteiger charge is 2.51. The molecule has 72 heavy (non-hydrogen) atoms. The molecule has 424 valence electrons. The Morgan fingerprint density at radius 3 is 1.44 bits per heavy atom. The molecule has 2 aliphatic heterocycles. The molecule has 0 aromatic heterocycles. The predicted octanol–water partition coefficient (Wildman–Crippen LogP) is 9.67. The van der Waals surface area contributed by atoms with E-state index in [1.165, 1.54) is 135 Å². The molecule has 14 nitrogen and oxygen atoms in total. The molecule has 2 heterocycles. The van der Waals surface area contributed by atoms with Gasteiger partial charge in [-0.15, -0.1) is 0 Å². The molecule has 0 aliphatic carbocycles. The lowest BCUT2D eigenvalue weighted by molar-refractivity contribution is -0.359. The quantitative estimate of drug-likeness (QED) is 0.0205. The Morgan fingerprint density at radius 1 is 0.500 bits per heavy atom. The van der Waals surface area contributed by atoms with Crippen LogP contribution < -0.4 is 5.32 Å². The molecule has 12 atom stereocenters. The molecule has 0 saturated carbocycles. The summed E-state index contributed by atoms with van der Waals surface area (Å²) in [5.74, 6) is -0.220. The van der Waals surface area contributed by atoms with Gasteiger partial charge in [0, 0.05) is 6.42 Å². The zero-order valence-electron chi connectivity index (χ0n) is 45.4. The molecule has 0 radical (unpaired) electrons. The van der Waals surface area contributed by atoms with Crippen LogP contribution in [0.3, 0.4) is 0 Å². The van der Waals surface area contributed by atoms with Crippen molar-refractivity contribution in [2.45, 2.75) is 319 Å². The second-order valence-electron chi connectivity index (χ2n) is 21.1. The third-order valence-electron chi connectivity index (χ3n) is 14.7. The number of carbonyl (C=O) groups excluding carboxylic acids is 1. The van der Waals surface area contributed by atoms with Crippen molar-refractivity contribution in [2.75, 3.05) is 19.8 Å². The van der Waals surface area contributed by atoms with E-state index in [1.807, 2.05) is 0 Å². The molecule has 0 bridgehead atoms. The molecule has 0 spiro atoms. The molecule has 0 aromatic rings. The molecule has 0 aromatic carbocycles. The van der Waals surface area contributed by atoms with Gasteiger partial charge in [-0.3, -0.25) is 4.79 Å². The zero-order valence-corrected chi connectivity index (χ0v) is 45.4. The Bertz CT molecular complexity index is 1300.